The Morgan fingerprint density at radius 3 is 2.38 bits per heavy atom. The van der Waals surface area contributed by atoms with E-state index in [1.54, 1.807) is 6.21 Å². The van der Waals surface area contributed by atoms with Gasteiger partial charge in [-0.15, -0.1) is 0 Å². The van der Waals surface area contributed by atoms with Crippen molar-refractivity contribution in [2.75, 3.05) is 5.43 Å². The average molecular weight is 293 g/mol. The molecule has 0 atom stereocenters. The number of nitrogens with zero attached hydrogens (tertiary/aromatic N) is 2. The molecule has 3 nitrogen and oxygen atoms in total. The third kappa shape index (κ3) is 4.30. The lowest BCUT2D eigenvalue weighted by Crippen LogP contribution is -2.05. The van der Waals surface area contributed by atoms with Crippen LogP contribution in [0.15, 0.2) is 47.7 Å². The minimum atomic E-state index is -4.38. The van der Waals surface area contributed by atoms with Crippen molar-refractivity contribution < 1.29 is 13.2 Å². The van der Waals surface area contributed by atoms with Crippen molar-refractivity contribution >= 4 is 12.0 Å². The molecule has 1 heterocycles. The zero-order valence-corrected chi connectivity index (χ0v) is 11.4. The second-order valence-electron chi connectivity index (χ2n) is 4.40. The van der Waals surface area contributed by atoms with Crippen LogP contribution in [0.3, 0.4) is 0 Å². The van der Waals surface area contributed by atoms with Gasteiger partial charge >= 0.3 is 6.18 Å². The van der Waals surface area contributed by atoms with Crippen LogP contribution < -0.4 is 5.43 Å². The molecule has 0 unspecified atom stereocenters. The van der Waals surface area contributed by atoms with Crippen molar-refractivity contribution in [3.05, 3.63) is 59.3 Å². The number of pyridine rings is 1. The molecule has 0 aliphatic rings. The third-order valence-electron chi connectivity index (χ3n) is 2.87. The molecule has 0 saturated heterocycles. The van der Waals surface area contributed by atoms with Crippen molar-refractivity contribution in [2.24, 2.45) is 5.10 Å². The van der Waals surface area contributed by atoms with Crippen LogP contribution in [0.4, 0.5) is 19.0 Å². The Bertz CT molecular complexity index is 602. The van der Waals surface area contributed by atoms with Crippen LogP contribution in [0.2, 0.25) is 0 Å². The lowest BCUT2D eigenvalue weighted by Gasteiger charge is -2.06. The molecule has 0 bridgehead atoms. The number of hydrogen-bond acceptors (Lipinski definition) is 3. The summed E-state index contributed by atoms with van der Waals surface area (Å²) in [4.78, 5) is 3.66. The fraction of sp³-hybridized carbons (Fsp3) is 0.200. The summed E-state index contributed by atoms with van der Waals surface area (Å²) in [6.07, 6.45) is -1.06. The van der Waals surface area contributed by atoms with Crippen LogP contribution >= 0.6 is 0 Å². The maximum atomic E-state index is 12.4. The quantitative estimate of drug-likeness (QED) is 0.680. The first-order chi connectivity index (χ1) is 9.99. The summed E-state index contributed by atoms with van der Waals surface area (Å²) in [5.41, 5.74) is 3.93. The van der Waals surface area contributed by atoms with Crippen molar-refractivity contribution in [1.29, 1.82) is 0 Å². The van der Waals surface area contributed by atoms with E-state index in [1.807, 2.05) is 24.3 Å². The van der Waals surface area contributed by atoms with Crippen molar-refractivity contribution in [2.45, 2.75) is 19.5 Å². The first kappa shape index (κ1) is 15.0. The van der Waals surface area contributed by atoms with Crippen LogP contribution in [-0.2, 0) is 12.6 Å². The monoisotopic (exact) mass is 293 g/mol. The number of benzene rings is 1. The summed E-state index contributed by atoms with van der Waals surface area (Å²) in [5.74, 6) is 0.254. The highest BCUT2D eigenvalue weighted by Gasteiger charge is 2.30. The number of rotatable bonds is 4. The largest absolute Gasteiger partial charge is 0.417 e. The first-order valence-corrected chi connectivity index (χ1v) is 6.40. The summed E-state index contributed by atoms with van der Waals surface area (Å²) in [6.45, 7) is 2.07. The molecule has 0 fully saturated rings. The van der Waals surface area contributed by atoms with Gasteiger partial charge in [0, 0.05) is 6.20 Å². The molecule has 0 amide bonds. The van der Waals surface area contributed by atoms with Crippen LogP contribution in [0.25, 0.3) is 0 Å². The Balaban J connectivity index is 1.97. The topological polar surface area (TPSA) is 37.3 Å². The highest BCUT2D eigenvalue weighted by atomic mass is 19.4. The molecule has 1 aromatic carbocycles. The van der Waals surface area contributed by atoms with E-state index in [0.29, 0.717) is 0 Å². The van der Waals surface area contributed by atoms with Gasteiger partial charge in [-0.2, -0.15) is 18.3 Å². The Morgan fingerprint density at radius 1 is 1.14 bits per heavy atom. The van der Waals surface area contributed by atoms with E-state index >= 15 is 0 Å². The summed E-state index contributed by atoms with van der Waals surface area (Å²) in [6, 6.07) is 10.0. The summed E-state index contributed by atoms with van der Waals surface area (Å²) in [7, 11) is 0. The molecule has 1 aromatic heterocycles. The Labute approximate surface area is 120 Å². The van der Waals surface area contributed by atoms with E-state index in [2.05, 4.69) is 22.4 Å². The molecule has 0 radical (unpaired) electrons. The second-order valence-corrected chi connectivity index (χ2v) is 4.40. The fourth-order valence-corrected chi connectivity index (χ4v) is 1.64. The number of aryl methyl sites for hydroxylation is 1. The summed E-state index contributed by atoms with van der Waals surface area (Å²) in [5, 5.41) is 3.94. The number of alkyl halides is 3. The third-order valence-corrected chi connectivity index (χ3v) is 2.87. The zero-order chi connectivity index (χ0) is 15.3. The predicted molar refractivity (Wildman–Crippen MR) is 76.3 cm³/mol. The molecular weight excluding hydrogens is 279 g/mol. The number of halogens is 3. The van der Waals surface area contributed by atoms with Crippen LogP contribution in [-0.4, -0.2) is 11.2 Å². The molecule has 21 heavy (non-hydrogen) atoms. The van der Waals surface area contributed by atoms with E-state index < -0.39 is 11.7 Å². The highest BCUT2D eigenvalue weighted by molar-refractivity contribution is 5.80. The van der Waals surface area contributed by atoms with Gasteiger partial charge in [0.2, 0.25) is 0 Å². The van der Waals surface area contributed by atoms with Gasteiger partial charge in [-0.1, -0.05) is 31.2 Å². The number of aromatic nitrogens is 1. The van der Waals surface area contributed by atoms with Gasteiger partial charge in [0.25, 0.3) is 0 Å². The number of nitrogens with one attached hydrogen (secondary N) is 1. The van der Waals surface area contributed by atoms with Gasteiger partial charge in [-0.25, -0.2) is 4.98 Å². The standard InChI is InChI=1S/C15H14F3N3/c1-2-11-3-5-12(6-4-11)9-20-21-14-8-7-13(10-19-14)15(16,17)18/h3-10H,2H2,1H3,(H,19,21)/b20-9-. The van der Waals surface area contributed by atoms with Gasteiger partial charge < -0.3 is 0 Å². The van der Waals surface area contributed by atoms with Gasteiger partial charge in [0.05, 0.1) is 11.8 Å². The van der Waals surface area contributed by atoms with Crippen molar-refractivity contribution in [3.63, 3.8) is 0 Å². The number of anilines is 1. The minimum absolute atomic E-state index is 0.254. The molecule has 0 spiro atoms. The predicted octanol–water partition coefficient (Wildman–Crippen LogP) is 4.11. The number of hydrogen-bond donors (Lipinski definition) is 1. The first-order valence-electron chi connectivity index (χ1n) is 6.40. The SMILES string of the molecule is CCc1ccc(/C=N\Nc2ccc(C(F)(F)F)cn2)cc1. The molecule has 6 heteroatoms. The lowest BCUT2D eigenvalue weighted by atomic mass is 10.1. The maximum Gasteiger partial charge on any atom is 0.417 e. The van der Waals surface area contributed by atoms with E-state index in [0.717, 1.165) is 24.2 Å². The minimum Gasteiger partial charge on any atom is -0.261 e. The van der Waals surface area contributed by atoms with Crippen molar-refractivity contribution in [3.8, 4) is 0 Å². The molecule has 0 saturated carbocycles. The van der Waals surface area contributed by atoms with Gasteiger partial charge in [-0.05, 0) is 29.7 Å². The highest BCUT2D eigenvalue weighted by Crippen LogP contribution is 2.28. The molecular formula is C15H14F3N3. The molecule has 2 rings (SSSR count). The second kappa shape index (κ2) is 6.39. The molecule has 2 aromatic rings. The van der Waals surface area contributed by atoms with Crippen LogP contribution in [0.1, 0.15) is 23.6 Å². The van der Waals surface area contributed by atoms with Crippen molar-refractivity contribution in [1.82, 2.24) is 4.98 Å². The average Bonchev–Trinajstić information content (AvgIpc) is 2.47. The molecule has 1 N–H and O–H groups in total. The maximum absolute atomic E-state index is 12.4. The Morgan fingerprint density at radius 2 is 1.86 bits per heavy atom. The normalized spacial score (nSPS) is 11.8. The van der Waals surface area contributed by atoms with E-state index in [-0.39, 0.29) is 5.82 Å². The lowest BCUT2D eigenvalue weighted by molar-refractivity contribution is -0.137. The van der Waals surface area contributed by atoms with Gasteiger partial charge in [-0.3, -0.25) is 5.43 Å². The number of hydrazone groups is 1. The van der Waals surface area contributed by atoms with Crippen LogP contribution in [0, 0.1) is 0 Å². The van der Waals surface area contributed by atoms with E-state index in [1.165, 1.54) is 11.6 Å². The fourth-order valence-electron chi connectivity index (χ4n) is 1.64. The zero-order valence-electron chi connectivity index (χ0n) is 11.4. The smallest absolute Gasteiger partial charge is 0.261 e. The van der Waals surface area contributed by atoms with Gasteiger partial charge in [0.15, 0.2) is 0 Å². The Hall–Kier alpha value is -2.37. The Kier molecular flexibility index (Phi) is 4.57. The van der Waals surface area contributed by atoms with Crippen LogP contribution in [0.5, 0.6) is 0 Å². The molecule has 0 aliphatic heterocycles. The molecule has 110 valence electrons. The molecule has 0 aliphatic carbocycles. The van der Waals surface area contributed by atoms with E-state index in [9.17, 15) is 13.2 Å². The van der Waals surface area contributed by atoms with Gasteiger partial charge in [0.1, 0.15) is 5.82 Å². The summed E-state index contributed by atoms with van der Waals surface area (Å²) >= 11 is 0. The van der Waals surface area contributed by atoms with E-state index in [4.69, 9.17) is 0 Å². The summed E-state index contributed by atoms with van der Waals surface area (Å²) < 4.78 is 37.1.